The van der Waals surface area contributed by atoms with Crippen LogP contribution in [0.5, 0.6) is 0 Å². The Kier molecular flexibility index (Phi) is 8.78. The molecule has 1 unspecified atom stereocenters. The lowest BCUT2D eigenvalue weighted by Crippen LogP contribution is -2.36. The van der Waals surface area contributed by atoms with Crippen LogP contribution in [-0.2, 0) is 4.79 Å². The second-order valence-corrected chi connectivity index (χ2v) is 5.02. The van der Waals surface area contributed by atoms with E-state index in [0.29, 0.717) is 12.5 Å². The number of aromatic nitrogens is 1. The van der Waals surface area contributed by atoms with Crippen LogP contribution in [0.4, 0.5) is 0 Å². The van der Waals surface area contributed by atoms with Crippen LogP contribution in [0.25, 0.3) is 0 Å². The van der Waals surface area contributed by atoms with E-state index in [9.17, 15) is 4.79 Å². The Morgan fingerprint density at radius 1 is 1.45 bits per heavy atom. The number of carbonyl (C=O) groups is 1. The van der Waals surface area contributed by atoms with Gasteiger partial charge in [-0.1, -0.05) is 12.5 Å². The van der Waals surface area contributed by atoms with Crippen molar-refractivity contribution in [1.29, 1.82) is 0 Å². The summed E-state index contributed by atoms with van der Waals surface area (Å²) >= 11 is 0. The average Bonchev–Trinajstić information content (AvgIpc) is 2.88. The molecule has 0 radical (unpaired) electrons. The predicted molar refractivity (Wildman–Crippen MR) is 85.2 cm³/mol. The van der Waals surface area contributed by atoms with Crippen molar-refractivity contribution in [3.8, 4) is 0 Å². The first-order chi connectivity index (χ1) is 8.72. The van der Waals surface area contributed by atoms with Crippen LogP contribution in [0.1, 0.15) is 37.9 Å². The third-order valence-electron chi connectivity index (χ3n) is 3.79. The maximum absolute atomic E-state index is 12.2. The Hall–Kier alpha value is -0.840. The second kappa shape index (κ2) is 9.16. The normalized spacial score (nSPS) is 22.3. The summed E-state index contributed by atoms with van der Waals surface area (Å²) in [5, 5.41) is 3.05. The fourth-order valence-electron chi connectivity index (χ4n) is 2.69. The van der Waals surface area contributed by atoms with Gasteiger partial charge in [0, 0.05) is 12.1 Å². The molecule has 1 fully saturated rings. The van der Waals surface area contributed by atoms with E-state index in [4.69, 9.17) is 5.73 Å². The first-order valence-electron chi connectivity index (χ1n) is 6.63. The lowest BCUT2D eigenvalue weighted by Gasteiger charge is -2.20. The summed E-state index contributed by atoms with van der Waals surface area (Å²) in [5.74, 6) is 0.559. The van der Waals surface area contributed by atoms with Crippen molar-refractivity contribution in [2.75, 3.05) is 6.54 Å². The van der Waals surface area contributed by atoms with E-state index in [-0.39, 0.29) is 42.7 Å². The number of pyridine rings is 1. The van der Waals surface area contributed by atoms with Gasteiger partial charge in [0.05, 0.1) is 11.7 Å². The van der Waals surface area contributed by atoms with E-state index in [1.807, 2.05) is 25.1 Å². The number of rotatable bonds is 4. The Bertz CT molecular complexity index is 403. The van der Waals surface area contributed by atoms with Crippen molar-refractivity contribution in [2.45, 2.75) is 32.2 Å². The molecule has 1 aliphatic carbocycles. The third-order valence-corrected chi connectivity index (χ3v) is 3.79. The largest absolute Gasteiger partial charge is 0.348 e. The minimum absolute atomic E-state index is 0. The van der Waals surface area contributed by atoms with Gasteiger partial charge in [-0.15, -0.1) is 24.8 Å². The molecule has 114 valence electrons. The van der Waals surface area contributed by atoms with Crippen molar-refractivity contribution in [2.24, 2.45) is 17.6 Å². The summed E-state index contributed by atoms with van der Waals surface area (Å²) in [7, 11) is 0. The third kappa shape index (κ3) is 4.62. The van der Waals surface area contributed by atoms with Gasteiger partial charge in [-0.25, -0.2) is 0 Å². The Morgan fingerprint density at radius 2 is 2.20 bits per heavy atom. The molecule has 20 heavy (non-hydrogen) atoms. The van der Waals surface area contributed by atoms with Crippen molar-refractivity contribution >= 4 is 30.7 Å². The molecule has 0 saturated heterocycles. The van der Waals surface area contributed by atoms with E-state index >= 15 is 0 Å². The maximum atomic E-state index is 12.2. The fourth-order valence-corrected chi connectivity index (χ4v) is 2.69. The average molecular weight is 320 g/mol. The van der Waals surface area contributed by atoms with E-state index in [1.165, 1.54) is 0 Å². The molecule has 2 rings (SSSR count). The molecule has 4 nitrogen and oxygen atoms in total. The van der Waals surface area contributed by atoms with Gasteiger partial charge in [0.2, 0.25) is 5.91 Å². The summed E-state index contributed by atoms with van der Waals surface area (Å²) in [5.41, 5.74) is 6.61. The highest BCUT2D eigenvalue weighted by atomic mass is 35.5. The standard InChI is InChI=1S/C14H21N3O.2ClH/c1-10(13-7-2-3-8-16-13)17-14(18)12-6-4-5-11(12)9-15;;/h2-3,7-8,10-12H,4-6,9,15H2,1H3,(H,17,18);2*1H/t10?,11-,12-;;/m1../s1. The Balaban J connectivity index is 0.00000180. The molecule has 3 atom stereocenters. The summed E-state index contributed by atoms with van der Waals surface area (Å²) in [6.45, 7) is 2.57. The zero-order valence-corrected chi connectivity index (χ0v) is 13.3. The molecule has 1 aliphatic rings. The fraction of sp³-hybridized carbons (Fsp3) is 0.571. The van der Waals surface area contributed by atoms with Gasteiger partial charge < -0.3 is 11.1 Å². The number of hydrogen-bond donors (Lipinski definition) is 2. The number of hydrogen-bond acceptors (Lipinski definition) is 3. The lowest BCUT2D eigenvalue weighted by atomic mass is 9.95. The van der Waals surface area contributed by atoms with Crippen molar-refractivity contribution < 1.29 is 4.79 Å². The van der Waals surface area contributed by atoms with E-state index < -0.39 is 0 Å². The second-order valence-electron chi connectivity index (χ2n) is 5.02. The number of carbonyl (C=O) groups excluding carboxylic acids is 1. The van der Waals surface area contributed by atoms with E-state index in [1.54, 1.807) is 6.20 Å². The smallest absolute Gasteiger partial charge is 0.223 e. The van der Waals surface area contributed by atoms with Gasteiger partial charge in [0.15, 0.2) is 0 Å². The molecule has 0 aromatic carbocycles. The monoisotopic (exact) mass is 319 g/mol. The first-order valence-corrected chi connectivity index (χ1v) is 6.63. The highest BCUT2D eigenvalue weighted by molar-refractivity contribution is 5.85. The SMILES string of the molecule is CC(NC(=O)[C@@H]1CCC[C@@H]1CN)c1ccccn1.Cl.Cl. The van der Waals surface area contributed by atoms with Gasteiger partial charge in [-0.2, -0.15) is 0 Å². The molecule has 3 N–H and O–H groups in total. The minimum atomic E-state index is -0.0438. The summed E-state index contributed by atoms with van der Waals surface area (Å²) < 4.78 is 0. The van der Waals surface area contributed by atoms with Gasteiger partial charge >= 0.3 is 0 Å². The van der Waals surface area contributed by atoms with Crippen LogP contribution in [0.3, 0.4) is 0 Å². The minimum Gasteiger partial charge on any atom is -0.348 e. The predicted octanol–water partition coefficient (Wildman–Crippen LogP) is 2.48. The van der Waals surface area contributed by atoms with E-state index in [0.717, 1.165) is 25.0 Å². The molecule has 1 aromatic heterocycles. The van der Waals surface area contributed by atoms with Crippen molar-refractivity contribution in [1.82, 2.24) is 10.3 Å². The molecular weight excluding hydrogens is 297 g/mol. The maximum Gasteiger partial charge on any atom is 0.223 e. The molecular formula is C14H23Cl2N3O. The summed E-state index contributed by atoms with van der Waals surface area (Å²) in [6, 6.07) is 5.70. The van der Waals surface area contributed by atoms with Crippen LogP contribution in [0.15, 0.2) is 24.4 Å². The van der Waals surface area contributed by atoms with Crippen LogP contribution in [0, 0.1) is 11.8 Å². The molecule has 0 spiro atoms. The highest BCUT2D eigenvalue weighted by Crippen LogP contribution is 2.31. The molecule has 6 heteroatoms. The molecule has 1 saturated carbocycles. The molecule has 1 aromatic rings. The number of amides is 1. The molecule has 0 aliphatic heterocycles. The van der Waals surface area contributed by atoms with Gasteiger partial charge in [0.25, 0.3) is 0 Å². The van der Waals surface area contributed by atoms with Gasteiger partial charge in [-0.3, -0.25) is 9.78 Å². The molecule has 0 bridgehead atoms. The van der Waals surface area contributed by atoms with Gasteiger partial charge in [0.1, 0.15) is 0 Å². The zero-order chi connectivity index (χ0) is 13.0. The number of halogens is 2. The molecule has 1 heterocycles. The van der Waals surface area contributed by atoms with E-state index in [2.05, 4.69) is 10.3 Å². The zero-order valence-electron chi connectivity index (χ0n) is 11.6. The number of nitrogens with one attached hydrogen (secondary N) is 1. The first kappa shape index (κ1) is 19.2. The Morgan fingerprint density at radius 3 is 2.80 bits per heavy atom. The van der Waals surface area contributed by atoms with Crippen molar-refractivity contribution in [3.63, 3.8) is 0 Å². The number of nitrogens with zero attached hydrogens (tertiary/aromatic N) is 1. The van der Waals surface area contributed by atoms with Crippen LogP contribution >= 0.6 is 24.8 Å². The van der Waals surface area contributed by atoms with Gasteiger partial charge in [-0.05, 0) is 44.4 Å². The Labute approximate surface area is 132 Å². The summed E-state index contributed by atoms with van der Waals surface area (Å²) in [4.78, 5) is 16.5. The molecule has 1 amide bonds. The lowest BCUT2D eigenvalue weighted by molar-refractivity contribution is -0.126. The van der Waals surface area contributed by atoms with Crippen LogP contribution in [-0.4, -0.2) is 17.4 Å². The highest BCUT2D eigenvalue weighted by Gasteiger charge is 2.32. The quantitative estimate of drug-likeness (QED) is 0.895. The van der Waals surface area contributed by atoms with Crippen LogP contribution < -0.4 is 11.1 Å². The van der Waals surface area contributed by atoms with Crippen molar-refractivity contribution in [3.05, 3.63) is 30.1 Å². The number of nitrogens with two attached hydrogens (primary N) is 1. The summed E-state index contributed by atoms with van der Waals surface area (Å²) in [6.07, 6.45) is 4.89. The topological polar surface area (TPSA) is 68.0 Å². The van der Waals surface area contributed by atoms with Crippen LogP contribution in [0.2, 0.25) is 0 Å².